The van der Waals surface area contributed by atoms with Gasteiger partial charge in [-0.25, -0.2) is 0 Å². The minimum atomic E-state index is -1.24. The minimum absolute atomic E-state index is 0.200. The van der Waals surface area contributed by atoms with Gasteiger partial charge in [0.2, 0.25) is 0 Å². The number of Topliss-reactive ketones (excluding diaryl/α,β-unsaturated/α-hetero) is 1. The summed E-state index contributed by atoms with van der Waals surface area (Å²) in [5.74, 6) is -3.16. The average molecular weight is 231 g/mol. The van der Waals surface area contributed by atoms with E-state index >= 15 is 0 Å². The molecule has 0 aromatic heterocycles. The van der Waals surface area contributed by atoms with Crippen LogP contribution in [0.3, 0.4) is 0 Å². The summed E-state index contributed by atoms with van der Waals surface area (Å²) in [6.07, 6.45) is -0.286. The van der Waals surface area contributed by atoms with E-state index in [4.69, 9.17) is 15.4 Å². The van der Waals surface area contributed by atoms with Crippen LogP contribution in [0.25, 0.3) is 0 Å². The monoisotopic (exact) mass is 231 g/mol. The zero-order valence-electron chi connectivity index (χ0n) is 8.47. The molecule has 0 aromatic rings. The molecule has 0 saturated heterocycles. The molecule has 0 aliphatic heterocycles. The lowest BCUT2D eigenvalue weighted by molar-refractivity contribution is -0.146. The summed E-state index contributed by atoms with van der Waals surface area (Å²) < 4.78 is 0. The molecule has 1 fully saturated rings. The van der Waals surface area contributed by atoms with Gasteiger partial charge in [-0.1, -0.05) is 0 Å². The lowest BCUT2D eigenvalue weighted by atomic mass is 9.95. The summed E-state index contributed by atoms with van der Waals surface area (Å²) in [7, 11) is 0. The van der Waals surface area contributed by atoms with Crippen molar-refractivity contribution < 1.29 is 29.8 Å². The molecule has 1 rings (SSSR count). The van der Waals surface area contributed by atoms with Gasteiger partial charge in [-0.3, -0.25) is 14.4 Å². The molecule has 1 aliphatic carbocycles. The number of hydrogen-bond donors (Lipinski definition) is 4. The van der Waals surface area contributed by atoms with Gasteiger partial charge in [0.15, 0.2) is 0 Å². The van der Waals surface area contributed by atoms with Crippen molar-refractivity contribution in [3.8, 4) is 0 Å². The maximum absolute atomic E-state index is 11.2. The topological polar surface area (TPSA) is 124 Å². The Bertz CT molecular complexity index is 328. The molecule has 7 nitrogen and oxygen atoms in total. The fourth-order valence-corrected chi connectivity index (χ4v) is 1.92. The number of carbonyl (C=O) groups excluding carboxylic acids is 1. The van der Waals surface area contributed by atoms with E-state index in [0.29, 0.717) is 0 Å². The molecule has 0 heterocycles. The molecule has 2 unspecified atom stereocenters. The summed E-state index contributed by atoms with van der Waals surface area (Å²) in [5.41, 5.74) is 0.410. The van der Waals surface area contributed by atoms with Crippen LogP contribution in [0.2, 0.25) is 0 Å². The third-order valence-electron chi connectivity index (χ3n) is 2.87. The second-order valence-corrected chi connectivity index (χ2v) is 4.01. The highest BCUT2D eigenvalue weighted by Gasteiger charge is 2.61. The first kappa shape index (κ1) is 12.6. The van der Waals surface area contributed by atoms with Gasteiger partial charge in [-0.15, -0.1) is 0 Å². The first-order valence-corrected chi connectivity index (χ1v) is 4.76. The van der Waals surface area contributed by atoms with Gasteiger partial charge in [0.1, 0.15) is 5.78 Å². The van der Waals surface area contributed by atoms with E-state index in [2.05, 4.69) is 0 Å². The van der Waals surface area contributed by atoms with Crippen LogP contribution in [-0.4, -0.2) is 39.7 Å². The van der Waals surface area contributed by atoms with E-state index < -0.39 is 29.1 Å². The minimum Gasteiger partial charge on any atom is -0.481 e. The number of carboxylic acid groups (broad SMARTS) is 2. The highest BCUT2D eigenvalue weighted by Crippen LogP contribution is 2.57. The van der Waals surface area contributed by atoms with Gasteiger partial charge >= 0.3 is 11.9 Å². The van der Waals surface area contributed by atoms with E-state index in [0.717, 1.165) is 0 Å². The van der Waals surface area contributed by atoms with Gasteiger partial charge < -0.3 is 15.4 Å². The molecule has 0 aromatic carbocycles. The van der Waals surface area contributed by atoms with Gasteiger partial charge in [0.25, 0.3) is 0 Å². The Kier molecular flexibility index (Phi) is 3.61. The molecule has 16 heavy (non-hydrogen) atoms. The zero-order chi connectivity index (χ0) is 12.3. The number of rotatable bonds is 7. The standard InChI is InChI=1S/C9H13NO6/c11-6(4-10-16)3-9(8(14)15)2-5(9)1-7(12)13/h5,10,16H,1-4H2,(H,12,13)(H,14,15). The summed E-state index contributed by atoms with van der Waals surface area (Å²) >= 11 is 0. The van der Waals surface area contributed by atoms with Crippen molar-refractivity contribution in [1.29, 1.82) is 0 Å². The van der Waals surface area contributed by atoms with Crippen LogP contribution in [0, 0.1) is 11.3 Å². The molecule has 4 N–H and O–H groups in total. The number of carbonyl (C=O) groups is 3. The smallest absolute Gasteiger partial charge is 0.310 e. The van der Waals surface area contributed by atoms with Crippen LogP contribution in [-0.2, 0) is 14.4 Å². The molecule has 0 radical (unpaired) electrons. The molecular formula is C9H13NO6. The maximum Gasteiger partial charge on any atom is 0.310 e. The lowest BCUT2D eigenvalue weighted by Gasteiger charge is -2.10. The third-order valence-corrected chi connectivity index (χ3v) is 2.87. The first-order chi connectivity index (χ1) is 7.42. The van der Waals surface area contributed by atoms with E-state index in [-0.39, 0.29) is 25.8 Å². The van der Waals surface area contributed by atoms with E-state index in [1.807, 2.05) is 0 Å². The molecule has 1 saturated carbocycles. The van der Waals surface area contributed by atoms with Crippen molar-refractivity contribution in [1.82, 2.24) is 5.48 Å². The quantitative estimate of drug-likeness (QED) is 0.435. The molecular weight excluding hydrogens is 218 g/mol. The maximum atomic E-state index is 11.2. The van der Waals surface area contributed by atoms with Crippen LogP contribution in [0.5, 0.6) is 0 Å². The van der Waals surface area contributed by atoms with E-state index in [9.17, 15) is 14.4 Å². The molecule has 1 aliphatic rings. The fourth-order valence-electron chi connectivity index (χ4n) is 1.92. The second kappa shape index (κ2) is 4.58. The molecule has 2 atom stereocenters. The van der Waals surface area contributed by atoms with Crippen molar-refractivity contribution in [2.45, 2.75) is 19.3 Å². The normalized spacial score (nSPS) is 27.4. The predicted molar refractivity (Wildman–Crippen MR) is 49.8 cm³/mol. The predicted octanol–water partition coefficient (Wildman–Crippen LogP) is -0.510. The van der Waals surface area contributed by atoms with Crippen LogP contribution in [0.4, 0.5) is 0 Å². The summed E-state index contributed by atoms with van der Waals surface area (Å²) in [5, 5.41) is 25.8. The van der Waals surface area contributed by atoms with Crippen molar-refractivity contribution in [3.05, 3.63) is 0 Å². The SMILES string of the molecule is O=C(O)CC1CC1(CC(=O)CNO)C(=O)O. The molecule has 0 amide bonds. The number of ketones is 1. The van der Waals surface area contributed by atoms with Crippen molar-refractivity contribution in [2.24, 2.45) is 11.3 Å². The van der Waals surface area contributed by atoms with Gasteiger partial charge in [-0.2, -0.15) is 5.48 Å². The Labute approximate surface area is 91.0 Å². The number of nitrogens with one attached hydrogen (secondary N) is 1. The summed E-state index contributed by atoms with van der Waals surface area (Å²) in [6, 6.07) is 0. The molecule has 7 heteroatoms. The number of aliphatic carboxylic acids is 2. The Hall–Kier alpha value is -1.47. The van der Waals surface area contributed by atoms with E-state index in [1.54, 1.807) is 5.48 Å². The highest BCUT2D eigenvalue weighted by molar-refractivity contribution is 5.90. The zero-order valence-corrected chi connectivity index (χ0v) is 8.47. The van der Waals surface area contributed by atoms with Gasteiger partial charge in [0, 0.05) is 12.8 Å². The van der Waals surface area contributed by atoms with Gasteiger partial charge in [0.05, 0.1) is 12.0 Å². The largest absolute Gasteiger partial charge is 0.481 e. The second-order valence-electron chi connectivity index (χ2n) is 4.01. The Morgan fingerprint density at radius 3 is 2.38 bits per heavy atom. The Balaban J connectivity index is 2.61. The molecule has 0 spiro atoms. The van der Waals surface area contributed by atoms with Crippen molar-refractivity contribution >= 4 is 17.7 Å². The van der Waals surface area contributed by atoms with Crippen LogP contribution < -0.4 is 5.48 Å². The summed E-state index contributed by atoms with van der Waals surface area (Å²) in [6.45, 7) is -0.325. The van der Waals surface area contributed by atoms with Crippen LogP contribution in [0.1, 0.15) is 19.3 Å². The average Bonchev–Trinajstić information content (AvgIpc) is 2.78. The van der Waals surface area contributed by atoms with Crippen LogP contribution in [0.15, 0.2) is 0 Å². The number of hydrogen-bond acceptors (Lipinski definition) is 5. The van der Waals surface area contributed by atoms with Crippen molar-refractivity contribution in [2.75, 3.05) is 6.54 Å². The third kappa shape index (κ3) is 2.56. The summed E-state index contributed by atoms with van der Waals surface area (Å²) in [4.78, 5) is 32.6. The first-order valence-electron chi connectivity index (χ1n) is 4.76. The molecule has 0 bridgehead atoms. The number of hydroxylamine groups is 1. The Morgan fingerprint density at radius 2 is 1.94 bits per heavy atom. The van der Waals surface area contributed by atoms with Crippen LogP contribution >= 0.6 is 0 Å². The fraction of sp³-hybridized carbons (Fsp3) is 0.667. The number of carboxylic acids is 2. The molecule has 90 valence electrons. The van der Waals surface area contributed by atoms with Crippen molar-refractivity contribution in [3.63, 3.8) is 0 Å². The Morgan fingerprint density at radius 1 is 1.31 bits per heavy atom. The highest BCUT2D eigenvalue weighted by atomic mass is 16.5. The van der Waals surface area contributed by atoms with Gasteiger partial charge in [-0.05, 0) is 12.3 Å². The van der Waals surface area contributed by atoms with E-state index in [1.165, 1.54) is 0 Å². The lowest BCUT2D eigenvalue weighted by Crippen LogP contribution is -2.27.